The third kappa shape index (κ3) is 4.33. The van der Waals surface area contributed by atoms with Crippen LogP contribution in [0, 0.1) is 5.82 Å². The first kappa shape index (κ1) is 18.4. The van der Waals surface area contributed by atoms with Gasteiger partial charge in [0.1, 0.15) is 11.9 Å². The Balaban J connectivity index is 1.57. The lowest BCUT2D eigenvalue weighted by Gasteiger charge is -2.20. The first-order valence-corrected chi connectivity index (χ1v) is 9.86. The SMILES string of the molecule is Fc1ccc2sc(COC(Cn3ccnc3)c3ccc(Cl)cc3Cl)cc2c1. The van der Waals surface area contributed by atoms with E-state index in [0.29, 0.717) is 23.2 Å². The Hall–Kier alpha value is -1.92. The Morgan fingerprint density at radius 3 is 2.81 bits per heavy atom. The number of hydrogen-bond donors (Lipinski definition) is 0. The van der Waals surface area contributed by atoms with E-state index in [-0.39, 0.29) is 11.9 Å². The van der Waals surface area contributed by atoms with E-state index in [1.54, 1.807) is 42.1 Å². The summed E-state index contributed by atoms with van der Waals surface area (Å²) in [4.78, 5) is 5.11. The van der Waals surface area contributed by atoms with Crippen LogP contribution in [-0.2, 0) is 17.9 Å². The lowest BCUT2D eigenvalue weighted by Crippen LogP contribution is -2.12. The normalized spacial score (nSPS) is 12.6. The van der Waals surface area contributed by atoms with Crippen molar-refractivity contribution in [1.82, 2.24) is 9.55 Å². The van der Waals surface area contributed by atoms with Gasteiger partial charge in [-0.05, 0) is 41.8 Å². The van der Waals surface area contributed by atoms with Gasteiger partial charge in [-0.15, -0.1) is 11.3 Å². The van der Waals surface area contributed by atoms with E-state index in [2.05, 4.69) is 4.98 Å². The molecule has 0 spiro atoms. The fourth-order valence-electron chi connectivity index (χ4n) is 2.91. The van der Waals surface area contributed by atoms with Crippen LogP contribution in [0.5, 0.6) is 0 Å². The highest BCUT2D eigenvalue weighted by Crippen LogP contribution is 2.32. The maximum Gasteiger partial charge on any atom is 0.123 e. The Morgan fingerprint density at radius 1 is 1.15 bits per heavy atom. The number of rotatable bonds is 6. The third-order valence-electron chi connectivity index (χ3n) is 4.20. The van der Waals surface area contributed by atoms with E-state index in [9.17, 15) is 4.39 Å². The van der Waals surface area contributed by atoms with Gasteiger partial charge >= 0.3 is 0 Å². The molecular weight excluding hydrogens is 406 g/mol. The lowest BCUT2D eigenvalue weighted by atomic mass is 10.1. The second kappa shape index (κ2) is 7.98. The van der Waals surface area contributed by atoms with Crippen LogP contribution in [0.1, 0.15) is 16.5 Å². The maximum atomic E-state index is 13.4. The van der Waals surface area contributed by atoms with Crippen molar-refractivity contribution >= 4 is 44.6 Å². The van der Waals surface area contributed by atoms with E-state index < -0.39 is 0 Å². The summed E-state index contributed by atoms with van der Waals surface area (Å²) in [7, 11) is 0. The topological polar surface area (TPSA) is 27.1 Å². The van der Waals surface area contributed by atoms with Crippen molar-refractivity contribution in [2.24, 2.45) is 0 Å². The summed E-state index contributed by atoms with van der Waals surface area (Å²) in [6, 6.07) is 12.2. The number of imidazole rings is 1. The van der Waals surface area contributed by atoms with Gasteiger partial charge in [0.25, 0.3) is 0 Å². The third-order valence-corrected chi connectivity index (χ3v) is 5.85. The molecule has 0 bridgehead atoms. The molecule has 0 aliphatic rings. The summed E-state index contributed by atoms with van der Waals surface area (Å²) in [5.41, 5.74) is 0.863. The molecule has 4 aromatic rings. The fraction of sp³-hybridized carbons (Fsp3) is 0.150. The standard InChI is InChI=1S/C20H15Cl2FN2OS/c21-14-1-3-17(18(22)9-14)19(10-25-6-5-24-12-25)26-11-16-8-13-7-15(23)2-4-20(13)27-16/h1-9,12,19H,10-11H2. The van der Waals surface area contributed by atoms with Crippen LogP contribution in [0.4, 0.5) is 4.39 Å². The van der Waals surface area contributed by atoms with Gasteiger partial charge in [-0.1, -0.05) is 29.3 Å². The van der Waals surface area contributed by atoms with Crippen LogP contribution in [0.15, 0.2) is 61.2 Å². The van der Waals surface area contributed by atoms with Gasteiger partial charge in [0.05, 0.1) is 19.5 Å². The van der Waals surface area contributed by atoms with Crippen molar-refractivity contribution in [3.63, 3.8) is 0 Å². The molecule has 0 fully saturated rings. The van der Waals surface area contributed by atoms with Crippen LogP contribution < -0.4 is 0 Å². The molecule has 0 radical (unpaired) electrons. The summed E-state index contributed by atoms with van der Waals surface area (Å²) in [6.07, 6.45) is 5.07. The monoisotopic (exact) mass is 420 g/mol. The highest BCUT2D eigenvalue weighted by molar-refractivity contribution is 7.19. The average molecular weight is 421 g/mol. The van der Waals surface area contributed by atoms with Gasteiger partial charge < -0.3 is 9.30 Å². The molecule has 7 heteroatoms. The summed E-state index contributed by atoms with van der Waals surface area (Å²) >= 11 is 14.0. The Labute approximate surface area is 169 Å². The van der Waals surface area contributed by atoms with E-state index >= 15 is 0 Å². The Bertz CT molecular complexity index is 1070. The van der Waals surface area contributed by atoms with E-state index in [1.807, 2.05) is 22.9 Å². The molecule has 2 aromatic carbocycles. The van der Waals surface area contributed by atoms with Gasteiger partial charge in [-0.25, -0.2) is 9.37 Å². The van der Waals surface area contributed by atoms with E-state index in [4.69, 9.17) is 27.9 Å². The fourth-order valence-corrected chi connectivity index (χ4v) is 4.41. The molecular formula is C20H15Cl2FN2OS. The zero-order valence-corrected chi connectivity index (χ0v) is 16.4. The molecule has 0 saturated heterocycles. The van der Waals surface area contributed by atoms with Gasteiger partial charge in [-0.2, -0.15) is 0 Å². The zero-order valence-electron chi connectivity index (χ0n) is 14.1. The number of benzene rings is 2. The maximum absolute atomic E-state index is 13.4. The molecule has 2 heterocycles. The molecule has 4 rings (SSSR count). The van der Waals surface area contributed by atoms with Crippen LogP contribution in [0.2, 0.25) is 10.0 Å². The summed E-state index contributed by atoms with van der Waals surface area (Å²) in [6.45, 7) is 0.972. The minimum Gasteiger partial charge on any atom is -0.366 e. The number of aromatic nitrogens is 2. The predicted molar refractivity (Wildman–Crippen MR) is 108 cm³/mol. The zero-order chi connectivity index (χ0) is 18.8. The van der Waals surface area contributed by atoms with E-state index in [0.717, 1.165) is 20.5 Å². The van der Waals surface area contributed by atoms with Crippen molar-refractivity contribution in [3.05, 3.63) is 87.5 Å². The largest absolute Gasteiger partial charge is 0.366 e. The van der Waals surface area contributed by atoms with Gasteiger partial charge in [0.15, 0.2) is 0 Å². The molecule has 1 atom stereocenters. The number of hydrogen-bond acceptors (Lipinski definition) is 3. The van der Waals surface area contributed by atoms with Gasteiger partial charge in [0, 0.05) is 37.6 Å². The molecule has 1 unspecified atom stereocenters. The van der Waals surface area contributed by atoms with Crippen molar-refractivity contribution in [3.8, 4) is 0 Å². The van der Waals surface area contributed by atoms with Crippen molar-refractivity contribution in [2.75, 3.05) is 0 Å². The molecule has 0 aliphatic carbocycles. The minimum absolute atomic E-state index is 0.237. The quantitative estimate of drug-likeness (QED) is 0.355. The second-order valence-electron chi connectivity index (χ2n) is 6.12. The second-order valence-corrected chi connectivity index (χ2v) is 8.13. The summed E-state index contributed by atoms with van der Waals surface area (Å²) in [5.74, 6) is -0.237. The first-order valence-electron chi connectivity index (χ1n) is 8.29. The molecule has 3 nitrogen and oxygen atoms in total. The van der Waals surface area contributed by atoms with Crippen LogP contribution >= 0.6 is 34.5 Å². The molecule has 0 amide bonds. The Morgan fingerprint density at radius 2 is 2.04 bits per heavy atom. The number of thiophene rings is 1. The molecule has 2 aromatic heterocycles. The highest BCUT2D eigenvalue weighted by atomic mass is 35.5. The highest BCUT2D eigenvalue weighted by Gasteiger charge is 2.17. The van der Waals surface area contributed by atoms with Crippen molar-refractivity contribution in [1.29, 1.82) is 0 Å². The van der Waals surface area contributed by atoms with Gasteiger partial charge in [0.2, 0.25) is 0 Å². The van der Waals surface area contributed by atoms with Gasteiger partial charge in [-0.3, -0.25) is 0 Å². The lowest BCUT2D eigenvalue weighted by molar-refractivity contribution is 0.0295. The first-order chi connectivity index (χ1) is 13.1. The minimum atomic E-state index is -0.272. The van der Waals surface area contributed by atoms with Crippen LogP contribution in [-0.4, -0.2) is 9.55 Å². The smallest absolute Gasteiger partial charge is 0.123 e. The number of fused-ring (bicyclic) bond motifs is 1. The summed E-state index contributed by atoms with van der Waals surface area (Å²) < 4.78 is 22.6. The molecule has 27 heavy (non-hydrogen) atoms. The number of halogens is 3. The van der Waals surface area contributed by atoms with Crippen molar-refractivity contribution in [2.45, 2.75) is 19.3 Å². The molecule has 0 N–H and O–H groups in total. The molecule has 0 saturated carbocycles. The molecule has 138 valence electrons. The Kier molecular flexibility index (Phi) is 5.45. The number of nitrogens with zero attached hydrogens (tertiary/aromatic N) is 2. The predicted octanol–water partition coefficient (Wildman–Crippen LogP) is 6.50. The number of ether oxygens (including phenoxy) is 1. The van der Waals surface area contributed by atoms with Crippen LogP contribution in [0.25, 0.3) is 10.1 Å². The summed E-state index contributed by atoms with van der Waals surface area (Å²) in [5, 5.41) is 2.02. The molecule has 0 aliphatic heterocycles. The van der Waals surface area contributed by atoms with E-state index in [1.165, 1.54) is 12.1 Å². The van der Waals surface area contributed by atoms with Crippen LogP contribution in [0.3, 0.4) is 0 Å². The van der Waals surface area contributed by atoms with Crippen molar-refractivity contribution < 1.29 is 9.13 Å². The average Bonchev–Trinajstić information content (AvgIpc) is 3.27.